The van der Waals surface area contributed by atoms with Crippen LogP contribution in [0.5, 0.6) is 0 Å². The average molecular weight is 262 g/mol. The SMILES string of the molecule is Cc1cc(=O)n(Cc2cc(F)cc(C(=O)O)c2)cn1. The van der Waals surface area contributed by atoms with E-state index in [-0.39, 0.29) is 17.7 Å². The number of carboxylic acid groups (broad SMARTS) is 1. The number of hydrogen-bond acceptors (Lipinski definition) is 3. The van der Waals surface area contributed by atoms with Crippen LogP contribution in [0.1, 0.15) is 21.6 Å². The molecule has 0 spiro atoms. The maximum absolute atomic E-state index is 13.3. The van der Waals surface area contributed by atoms with Gasteiger partial charge in [-0.25, -0.2) is 14.2 Å². The molecule has 5 nitrogen and oxygen atoms in total. The first-order valence-electron chi connectivity index (χ1n) is 5.51. The molecule has 0 saturated carbocycles. The summed E-state index contributed by atoms with van der Waals surface area (Å²) in [5, 5.41) is 8.84. The first-order chi connectivity index (χ1) is 8.95. The Bertz CT molecular complexity index is 695. The van der Waals surface area contributed by atoms with Gasteiger partial charge in [0.2, 0.25) is 0 Å². The Morgan fingerprint density at radius 3 is 2.74 bits per heavy atom. The molecule has 0 amide bonds. The van der Waals surface area contributed by atoms with Crippen molar-refractivity contribution in [2.75, 3.05) is 0 Å². The van der Waals surface area contributed by atoms with Gasteiger partial charge in [0, 0.05) is 11.8 Å². The molecule has 0 aliphatic carbocycles. The molecular weight excluding hydrogens is 251 g/mol. The highest BCUT2D eigenvalue weighted by molar-refractivity contribution is 5.87. The van der Waals surface area contributed by atoms with Gasteiger partial charge < -0.3 is 5.11 Å². The van der Waals surface area contributed by atoms with Crippen molar-refractivity contribution < 1.29 is 14.3 Å². The van der Waals surface area contributed by atoms with E-state index < -0.39 is 11.8 Å². The van der Waals surface area contributed by atoms with Crippen LogP contribution in [0.15, 0.2) is 35.4 Å². The van der Waals surface area contributed by atoms with E-state index in [0.717, 1.165) is 6.07 Å². The standard InChI is InChI=1S/C13H11FN2O3/c1-8-2-12(17)16(7-15-8)6-9-3-10(13(18)19)5-11(14)4-9/h2-5,7H,6H2,1H3,(H,18,19). The smallest absolute Gasteiger partial charge is 0.335 e. The minimum absolute atomic E-state index is 0.0736. The van der Waals surface area contributed by atoms with Crippen molar-refractivity contribution in [3.63, 3.8) is 0 Å². The average Bonchev–Trinajstić information content (AvgIpc) is 2.32. The van der Waals surface area contributed by atoms with Crippen LogP contribution in [0.25, 0.3) is 0 Å². The molecule has 0 fully saturated rings. The van der Waals surface area contributed by atoms with Crippen molar-refractivity contribution in [3.05, 3.63) is 63.6 Å². The van der Waals surface area contributed by atoms with Gasteiger partial charge in [-0.15, -0.1) is 0 Å². The first-order valence-corrected chi connectivity index (χ1v) is 5.51. The molecule has 2 rings (SSSR count). The maximum Gasteiger partial charge on any atom is 0.335 e. The number of hydrogen-bond donors (Lipinski definition) is 1. The Balaban J connectivity index is 2.38. The highest BCUT2D eigenvalue weighted by atomic mass is 19.1. The van der Waals surface area contributed by atoms with E-state index in [1.54, 1.807) is 6.92 Å². The third kappa shape index (κ3) is 3.04. The third-order valence-electron chi connectivity index (χ3n) is 2.57. The minimum atomic E-state index is -1.21. The Kier molecular flexibility index (Phi) is 3.41. The van der Waals surface area contributed by atoms with E-state index in [1.165, 1.54) is 29.1 Å². The summed E-state index contributed by atoms with van der Waals surface area (Å²) in [5.74, 6) is -1.86. The second-order valence-electron chi connectivity index (χ2n) is 4.15. The lowest BCUT2D eigenvalue weighted by molar-refractivity contribution is 0.0696. The molecule has 1 aromatic heterocycles. The Morgan fingerprint density at radius 1 is 1.37 bits per heavy atom. The topological polar surface area (TPSA) is 72.2 Å². The zero-order chi connectivity index (χ0) is 14.0. The van der Waals surface area contributed by atoms with Gasteiger partial charge in [-0.3, -0.25) is 9.36 Å². The van der Waals surface area contributed by atoms with Crippen molar-refractivity contribution in [3.8, 4) is 0 Å². The molecule has 19 heavy (non-hydrogen) atoms. The van der Waals surface area contributed by atoms with Crippen LogP contribution >= 0.6 is 0 Å². The van der Waals surface area contributed by atoms with E-state index >= 15 is 0 Å². The van der Waals surface area contributed by atoms with Crippen LogP contribution in [-0.4, -0.2) is 20.6 Å². The number of aromatic carboxylic acids is 1. The number of benzene rings is 1. The molecule has 1 N–H and O–H groups in total. The van der Waals surface area contributed by atoms with Gasteiger partial charge in [-0.05, 0) is 30.7 Å². The predicted octanol–water partition coefficient (Wildman–Crippen LogP) is 1.44. The number of carbonyl (C=O) groups is 1. The third-order valence-corrected chi connectivity index (χ3v) is 2.57. The fourth-order valence-electron chi connectivity index (χ4n) is 1.70. The molecule has 0 unspecified atom stereocenters. The fourth-order valence-corrected chi connectivity index (χ4v) is 1.70. The van der Waals surface area contributed by atoms with Gasteiger partial charge in [0.15, 0.2) is 0 Å². The second-order valence-corrected chi connectivity index (χ2v) is 4.15. The number of aromatic nitrogens is 2. The van der Waals surface area contributed by atoms with Gasteiger partial charge >= 0.3 is 5.97 Å². The van der Waals surface area contributed by atoms with Crippen LogP contribution in [-0.2, 0) is 6.54 Å². The van der Waals surface area contributed by atoms with Crippen molar-refractivity contribution in [1.29, 1.82) is 0 Å². The highest BCUT2D eigenvalue weighted by Gasteiger charge is 2.08. The second kappa shape index (κ2) is 5.01. The monoisotopic (exact) mass is 262 g/mol. The summed E-state index contributed by atoms with van der Waals surface area (Å²) in [4.78, 5) is 26.5. The number of rotatable bonds is 3. The number of carboxylic acids is 1. The zero-order valence-corrected chi connectivity index (χ0v) is 10.1. The van der Waals surface area contributed by atoms with E-state index in [9.17, 15) is 14.0 Å². The van der Waals surface area contributed by atoms with Crippen LogP contribution in [0, 0.1) is 12.7 Å². The summed E-state index contributed by atoms with van der Waals surface area (Å²) in [7, 11) is 0. The van der Waals surface area contributed by atoms with E-state index in [0.29, 0.717) is 11.3 Å². The van der Waals surface area contributed by atoms with Gasteiger partial charge in [0.05, 0.1) is 18.4 Å². The highest BCUT2D eigenvalue weighted by Crippen LogP contribution is 2.10. The maximum atomic E-state index is 13.3. The fraction of sp³-hybridized carbons (Fsp3) is 0.154. The predicted molar refractivity (Wildman–Crippen MR) is 65.7 cm³/mol. The molecule has 0 bridgehead atoms. The molecule has 1 heterocycles. The van der Waals surface area contributed by atoms with E-state index in [4.69, 9.17) is 5.11 Å². The number of aryl methyl sites for hydroxylation is 1. The molecular formula is C13H11FN2O3. The van der Waals surface area contributed by atoms with Crippen LogP contribution in [0.2, 0.25) is 0 Å². The normalized spacial score (nSPS) is 10.4. The number of nitrogens with zero attached hydrogens (tertiary/aromatic N) is 2. The first kappa shape index (κ1) is 12.9. The van der Waals surface area contributed by atoms with Gasteiger partial charge in [0.1, 0.15) is 5.82 Å². The molecule has 0 radical (unpaired) electrons. The Morgan fingerprint density at radius 2 is 2.11 bits per heavy atom. The molecule has 0 aliphatic rings. The summed E-state index contributed by atoms with van der Waals surface area (Å²) in [6.45, 7) is 1.76. The lowest BCUT2D eigenvalue weighted by atomic mass is 10.1. The lowest BCUT2D eigenvalue weighted by Crippen LogP contribution is -2.20. The van der Waals surface area contributed by atoms with E-state index in [1.807, 2.05) is 0 Å². The van der Waals surface area contributed by atoms with Gasteiger partial charge in [-0.2, -0.15) is 0 Å². The summed E-state index contributed by atoms with van der Waals surface area (Å²) in [6.07, 6.45) is 1.35. The molecule has 0 saturated heterocycles. The van der Waals surface area contributed by atoms with Crippen molar-refractivity contribution in [2.45, 2.75) is 13.5 Å². The quantitative estimate of drug-likeness (QED) is 0.908. The summed E-state index contributed by atoms with van der Waals surface area (Å²) in [5.41, 5.74) is 0.564. The van der Waals surface area contributed by atoms with Gasteiger partial charge in [-0.1, -0.05) is 0 Å². The molecule has 1 aromatic carbocycles. The molecule has 0 aliphatic heterocycles. The van der Waals surface area contributed by atoms with Crippen LogP contribution in [0.3, 0.4) is 0 Å². The Labute approximate surface area is 108 Å². The number of halogens is 1. The van der Waals surface area contributed by atoms with Crippen LogP contribution in [0.4, 0.5) is 4.39 Å². The van der Waals surface area contributed by atoms with Crippen LogP contribution < -0.4 is 5.56 Å². The molecule has 0 atom stereocenters. The Hall–Kier alpha value is -2.50. The molecule has 2 aromatic rings. The van der Waals surface area contributed by atoms with Crippen molar-refractivity contribution >= 4 is 5.97 Å². The van der Waals surface area contributed by atoms with Crippen molar-refractivity contribution in [2.24, 2.45) is 0 Å². The zero-order valence-electron chi connectivity index (χ0n) is 10.1. The summed E-state index contributed by atoms with van der Waals surface area (Å²) in [6, 6.07) is 4.82. The van der Waals surface area contributed by atoms with Crippen molar-refractivity contribution in [1.82, 2.24) is 9.55 Å². The summed E-state index contributed by atoms with van der Waals surface area (Å²) >= 11 is 0. The lowest BCUT2D eigenvalue weighted by Gasteiger charge is -2.06. The summed E-state index contributed by atoms with van der Waals surface area (Å²) < 4.78 is 14.6. The molecule has 98 valence electrons. The molecule has 6 heteroatoms. The minimum Gasteiger partial charge on any atom is -0.478 e. The largest absolute Gasteiger partial charge is 0.478 e. The van der Waals surface area contributed by atoms with Gasteiger partial charge in [0.25, 0.3) is 5.56 Å². The van der Waals surface area contributed by atoms with E-state index in [2.05, 4.69) is 4.98 Å².